The SMILES string of the molecule is CNC(=O)[C@@H]1[C@@H](O)CC[N+]1(C)C1(c2ccccc2OC)C(=O)N(S(=O)(=O)c2ccc(OC)cc2OC(F)(F)F)c2ccc(Cl)cc21. The van der Waals surface area contributed by atoms with Crippen molar-refractivity contribution in [3.63, 3.8) is 0 Å². The van der Waals surface area contributed by atoms with E-state index in [0.717, 1.165) is 18.2 Å². The molecule has 1 saturated heterocycles. The molecule has 5 rings (SSSR count). The maximum absolute atomic E-state index is 15.3. The molecule has 0 aliphatic carbocycles. The number of ether oxygens (including phenoxy) is 3. The number of rotatable bonds is 8. The van der Waals surface area contributed by atoms with Gasteiger partial charge >= 0.3 is 12.3 Å². The van der Waals surface area contributed by atoms with Crippen molar-refractivity contribution in [3.05, 3.63) is 76.8 Å². The number of fused-ring (bicyclic) bond motifs is 1. The molecule has 2 N–H and O–H groups in total. The Labute approximate surface area is 267 Å². The number of likely N-dealkylation sites (tertiary alicyclic amines) is 1. The Bertz CT molecular complexity index is 1820. The van der Waals surface area contributed by atoms with E-state index in [4.69, 9.17) is 21.1 Å². The molecule has 0 spiro atoms. The first kappa shape index (κ1) is 33.3. The monoisotopic (exact) mass is 684 g/mol. The van der Waals surface area contributed by atoms with E-state index in [0.29, 0.717) is 4.31 Å². The van der Waals surface area contributed by atoms with Gasteiger partial charge in [-0.1, -0.05) is 23.7 Å². The largest absolute Gasteiger partial charge is 0.573 e. The summed E-state index contributed by atoms with van der Waals surface area (Å²) in [6.45, 7) is -0.00610. The first-order valence-electron chi connectivity index (χ1n) is 13.8. The number of carbonyl (C=O) groups excluding carboxylic acids is 2. The first-order chi connectivity index (χ1) is 21.6. The standard InChI is InChI=1S/C30H29ClF3N3O8S/c1-35-27(39)26-22(38)13-14-37(26,2)29(19-7-5-6-8-23(19)44-4)20-15-17(31)9-11-21(20)36(28(29)40)46(41,42)25-12-10-18(43-3)16-24(25)45-30(32,33)34/h5-12,15-16,22,26,38H,13-14H2,1-4H3/p+1/t22-,26-,29?,37?/m0/s1. The van der Waals surface area contributed by atoms with Crippen molar-refractivity contribution in [3.8, 4) is 17.2 Å². The molecule has 2 heterocycles. The third-order valence-corrected chi connectivity index (χ3v) is 10.6. The van der Waals surface area contributed by atoms with Gasteiger partial charge in [0.2, 0.25) is 5.54 Å². The topological polar surface area (TPSA) is 131 Å². The molecule has 1 fully saturated rings. The molecule has 2 amide bonds. The maximum Gasteiger partial charge on any atom is 0.573 e. The molecule has 0 aromatic heterocycles. The molecule has 2 unspecified atom stereocenters. The highest BCUT2D eigenvalue weighted by Gasteiger charge is 2.72. The normalized spacial score (nSPS) is 24.5. The summed E-state index contributed by atoms with van der Waals surface area (Å²) in [4.78, 5) is 27.7. The van der Waals surface area contributed by atoms with E-state index in [1.54, 1.807) is 12.1 Å². The van der Waals surface area contributed by atoms with Crippen LogP contribution in [-0.2, 0) is 25.2 Å². The number of aliphatic hydroxyl groups is 1. The van der Waals surface area contributed by atoms with Crippen molar-refractivity contribution in [2.45, 2.75) is 35.4 Å². The Kier molecular flexibility index (Phi) is 8.43. The van der Waals surface area contributed by atoms with Crippen LogP contribution in [0.1, 0.15) is 17.5 Å². The summed E-state index contributed by atoms with van der Waals surface area (Å²) >= 11 is 6.47. The molecule has 2 aliphatic heterocycles. The summed E-state index contributed by atoms with van der Waals surface area (Å²) in [6.07, 6.45) is -6.52. The second-order valence-electron chi connectivity index (χ2n) is 10.9. The van der Waals surface area contributed by atoms with E-state index in [1.807, 2.05) is 0 Å². The van der Waals surface area contributed by atoms with Gasteiger partial charge in [-0.25, -0.2) is 8.42 Å². The number of nitrogens with zero attached hydrogens (tertiary/aromatic N) is 2. The number of sulfonamides is 1. The number of likely N-dealkylation sites (N-methyl/N-ethyl adjacent to an activating group) is 2. The Hall–Kier alpha value is -4.05. The highest BCUT2D eigenvalue weighted by molar-refractivity contribution is 7.93. The lowest BCUT2D eigenvalue weighted by atomic mass is 9.78. The average molecular weight is 685 g/mol. The van der Waals surface area contributed by atoms with Crippen LogP contribution in [0, 0.1) is 0 Å². The third kappa shape index (κ3) is 4.92. The van der Waals surface area contributed by atoms with Gasteiger partial charge in [-0.2, -0.15) is 4.31 Å². The van der Waals surface area contributed by atoms with Crippen LogP contribution in [0.25, 0.3) is 0 Å². The lowest BCUT2D eigenvalue weighted by Crippen LogP contribution is -2.70. The third-order valence-electron chi connectivity index (χ3n) is 8.60. The van der Waals surface area contributed by atoms with Gasteiger partial charge in [0, 0.05) is 24.6 Å². The summed E-state index contributed by atoms with van der Waals surface area (Å²) in [5.41, 5.74) is -2.21. The number of amides is 2. The van der Waals surface area contributed by atoms with E-state index in [1.165, 1.54) is 58.6 Å². The number of carbonyl (C=O) groups is 2. The first-order valence-corrected chi connectivity index (χ1v) is 15.6. The number of hydrogen-bond acceptors (Lipinski definition) is 8. The molecule has 0 bridgehead atoms. The van der Waals surface area contributed by atoms with E-state index in [-0.39, 0.29) is 46.3 Å². The Morgan fingerprint density at radius 2 is 1.76 bits per heavy atom. The summed E-state index contributed by atoms with van der Waals surface area (Å²) in [6, 6.07) is 11.6. The zero-order valence-electron chi connectivity index (χ0n) is 25.0. The number of aliphatic hydroxyl groups excluding tert-OH is 1. The molecule has 3 aromatic carbocycles. The predicted molar refractivity (Wildman–Crippen MR) is 159 cm³/mol. The average Bonchev–Trinajstić information content (AvgIpc) is 3.46. The fourth-order valence-corrected chi connectivity index (χ4v) is 8.46. The van der Waals surface area contributed by atoms with Crippen LogP contribution < -0.4 is 23.8 Å². The fourth-order valence-electron chi connectivity index (χ4n) is 6.72. The minimum atomic E-state index is -5.30. The van der Waals surface area contributed by atoms with Gasteiger partial charge in [-0.05, 0) is 42.5 Å². The molecular formula is C30H30ClF3N3O8S+. The molecule has 11 nitrogen and oxygen atoms in total. The van der Waals surface area contributed by atoms with Gasteiger partial charge in [-0.15, -0.1) is 13.2 Å². The number of nitrogens with one attached hydrogen (secondary N) is 1. The zero-order chi connectivity index (χ0) is 33.8. The lowest BCUT2D eigenvalue weighted by molar-refractivity contribution is -0.954. The second kappa shape index (κ2) is 11.6. The van der Waals surface area contributed by atoms with Gasteiger partial charge < -0.3 is 24.6 Å². The number of hydrogen-bond donors (Lipinski definition) is 2. The molecule has 0 saturated carbocycles. The van der Waals surface area contributed by atoms with Crippen molar-refractivity contribution in [2.75, 3.05) is 39.2 Å². The number of alkyl halides is 3. The van der Waals surface area contributed by atoms with Crippen LogP contribution in [0.4, 0.5) is 18.9 Å². The summed E-state index contributed by atoms with van der Waals surface area (Å²) in [5, 5.41) is 13.8. The summed E-state index contributed by atoms with van der Waals surface area (Å²) < 4.78 is 84.2. The Balaban J connectivity index is 1.89. The van der Waals surface area contributed by atoms with Crippen molar-refractivity contribution in [2.24, 2.45) is 0 Å². The van der Waals surface area contributed by atoms with Gasteiger partial charge in [0.05, 0.1) is 44.6 Å². The number of methoxy groups -OCH3 is 2. The van der Waals surface area contributed by atoms with Gasteiger partial charge in [0.15, 0.2) is 11.8 Å². The van der Waals surface area contributed by atoms with Crippen LogP contribution in [0.15, 0.2) is 65.6 Å². The molecular weight excluding hydrogens is 655 g/mol. The second-order valence-corrected chi connectivity index (χ2v) is 13.1. The molecule has 4 atom stereocenters. The number of anilines is 1. The number of benzene rings is 3. The maximum atomic E-state index is 15.3. The van der Waals surface area contributed by atoms with Gasteiger partial charge in [0.25, 0.3) is 15.9 Å². The fraction of sp³-hybridized carbons (Fsp3) is 0.333. The Morgan fingerprint density at radius 3 is 2.39 bits per heavy atom. The quantitative estimate of drug-likeness (QED) is 0.345. The van der Waals surface area contributed by atoms with Crippen molar-refractivity contribution < 1.29 is 55.0 Å². The van der Waals surface area contributed by atoms with Crippen LogP contribution in [-0.4, -0.2) is 83.2 Å². The van der Waals surface area contributed by atoms with E-state index >= 15 is 4.79 Å². The van der Waals surface area contributed by atoms with E-state index in [9.17, 15) is 31.5 Å². The highest BCUT2D eigenvalue weighted by atomic mass is 35.5. The van der Waals surface area contributed by atoms with Crippen LogP contribution in [0.3, 0.4) is 0 Å². The summed E-state index contributed by atoms with van der Waals surface area (Å²) in [7, 11) is 0.196. The minimum Gasteiger partial charge on any atom is -0.497 e. The van der Waals surface area contributed by atoms with E-state index < -0.39 is 61.0 Å². The van der Waals surface area contributed by atoms with Crippen molar-refractivity contribution in [1.82, 2.24) is 5.32 Å². The lowest BCUT2D eigenvalue weighted by Gasteiger charge is -2.49. The predicted octanol–water partition coefficient (Wildman–Crippen LogP) is 3.56. The number of para-hydroxylation sites is 1. The summed E-state index contributed by atoms with van der Waals surface area (Å²) in [5.74, 6) is -2.91. The molecule has 16 heteroatoms. The molecule has 2 aliphatic rings. The molecule has 246 valence electrons. The molecule has 46 heavy (non-hydrogen) atoms. The van der Waals surface area contributed by atoms with Gasteiger partial charge in [-0.3, -0.25) is 14.1 Å². The van der Waals surface area contributed by atoms with Crippen LogP contribution in [0.2, 0.25) is 5.02 Å². The van der Waals surface area contributed by atoms with Crippen LogP contribution >= 0.6 is 11.6 Å². The number of quaternary nitrogens is 1. The number of halogens is 4. The smallest absolute Gasteiger partial charge is 0.497 e. The van der Waals surface area contributed by atoms with Crippen molar-refractivity contribution >= 4 is 39.1 Å². The van der Waals surface area contributed by atoms with E-state index in [2.05, 4.69) is 10.1 Å². The van der Waals surface area contributed by atoms with Crippen LogP contribution in [0.5, 0.6) is 17.2 Å². The van der Waals surface area contributed by atoms with Gasteiger partial charge in [0.1, 0.15) is 22.5 Å². The molecule has 0 radical (unpaired) electrons. The zero-order valence-corrected chi connectivity index (χ0v) is 26.5. The minimum absolute atomic E-state index is 0.00610. The Morgan fingerprint density at radius 1 is 1.07 bits per heavy atom. The highest BCUT2D eigenvalue weighted by Crippen LogP contribution is 2.58. The molecule has 3 aromatic rings. The van der Waals surface area contributed by atoms with Crippen molar-refractivity contribution in [1.29, 1.82) is 0 Å².